The van der Waals surface area contributed by atoms with Gasteiger partial charge in [0.2, 0.25) is 0 Å². The molecule has 0 unspecified atom stereocenters. The summed E-state index contributed by atoms with van der Waals surface area (Å²) >= 11 is 0. The summed E-state index contributed by atoms with van der Waals surface area (Å²) in [5.74, 6) is 0.871. The van der Waals surface area contributed by atoms with E-state index in [1.807, 2.05) is 24.3 Å². The first-order valence-electron chi connectivity index (χ1n) is 8.52. The van der Waals surface area contributed by atoms with Crippen molar-refractivity contribution in [2.24, 2.45) is 5.92 Å². The predicted molar refractivity (Wildman–Crippen MR) is 92.6 cm³/mol. The van der Waals surface area contributed by atoms with Crippen molar-refractivity contribution in [2.45, 2.75) is 19.3 Å². The number of benzene rings is 1. The minimum absolute atomic E-state index is 0.144. The molecule has 1 amide bonds. The van der Waals surface area contributed by atoms with Crippen molar-refractivity contribution in [3.63, 3.8) is 0 Å². The van der Waals surface area contributed by atoms with Gasteiger partial charge in [0.15, 0.2) is 0 Å². The number of imidazole rings is 1. The highest BCUT2D eigenvalue weighted by Crippen LogP contribution is 2.23. The normalized spacial score (nSPS) is 15.6. The third-order valence-electron chi connectivity index (χ3n) is 4.77. The van der Waals surface area contributed by atoms with Crippen molar-refractivity contribution < 1.29 is 9.18 Å². The molecule has 0 atom stereocenters. The van der Waals surface area contributed by atoms with E-state index in [4.69, 9.17) is 0 Å². The summed E-state index contributed by atoms with van der Waals surface area (Å²) in [5, 5.41) is 0. The lowest BCUT2D eigenvalue weighted by Crippen LogP contribution is -2.39. The molecule has 3 heterocycles. The number of nitrogens with zero attached hydrogens (tertiary/aromatic N) is 3. The van der Waals surface area contributed by atoms with Gasteiger partial charge in [-0.1, -0.05) is 12.1 Å². The summed E-state index contributed by atoms with van der Waals surface area (Å²) in [6.45, 7) is 1.36. The Hall–Kier alpha value is -2.76. The quantitative estimate of drug-likeness (QED) is 0.798. The first-order valence-corrected chi connectivity index (χ1v) is 8.52. The third kappa shape index (κ3) is 3.38. The maximum atomic E-state index is 13.2. The SMILES string of the molecule is O=C(c1cncc(F)c1)N1CCC(Cc2nc3ccccc3[nH]2)CC1. The second kappa shape index (κ2) is 6.63. The van der Waals surface area contributed by atoms with Crippen LogP contribution < -0.4 is 0 Å². The van der Waals surface area contributed by atoms with Gasteiger partial charge >= 0.3 is 0 Å². The highest BCUT2D eigenvalue weighted by Gasteiger charge is 2.24. The Labute approximate surface area is 144 Å². The van der Waals surface area contributed by atoms with Crippen molar-refractivity contribution in [1.82, 2.24) is 19.9 Å². The van der Waals surface area contributed by atoms with E-state index in [9.17, 15) is 9.18 Å². The average Bonchev–Trinajstić information content (AvgIpc) is 3.04. The number of nitrogens with one attached hydrogen (secondary N) is 1. The fourth-order valence-corrected chi connectivity index (χ4v) is 3.43. The fraction of sp³-hybridized carbons (Fsp3) is 0.316. The van der Waals surface area contributed by atoms with Crippen LogP contribution in [-0.4, -0.2) is 38.8 Å². The van der Waals surface area contributed by atoms with E-state index in [1.165, 1.54) is 12.3 Å². The van der Waals surface area contributed by atoms with Gasteiger partial charge in [-0.15, -0.1) is 0 Å². The minimum atomic E-state index is -0.481. The van der Waals surface area contributed by atoms with Crippen molar-refractivity contribution in [3.05, 3.63) is 59.9 Å². The van der Waals surface area contributed by atoms with Crippen LogP contribution in [0.3, 0.4) is 0 Å². The Morgan fingerprint density at radius 3 is 2.80 bits per heavy atom. The summed E-state index contributed by atoms with van der Waals surface area (Å²) < 4.78 is 13.2. The highest BCUT2D eigenvalue weighted by molar-refractivity contribution is 5.93. The molecular weight excluding hydrogens is 319 g/mol. The molecule has 1 N–H and O–H groups in total. The van der Waals surface area contributed by atoms with Gasteiger partial charge in [-0.25, -0.2) is 9.37 Å². The number of likely N-dealkylation sites (tertiary alicyclic amines) is 1. The van der Waals surface area contributed by atoms with Crippen LogP contribution >= 0.6 is 0 Å². The van der Waals surface area contributed by atoms with Crippen molar-refractivity contribution in [2.75, 3.05) is 13.1 Å². The zero-order valence-electron chi connectivity index (χ0n) is 13.8. The van der Waals surface area contributed by atoms with Crippen LogP contribution in [0.1, 0.15) is 29.0 Å². The number of para-hydroxylation sites is 2. The lowest BCUT2D eigenvalue weighted by molar-refractivity contribution is 0.0689. The van der Waals surface area contributed by atoms with Gasteiger partial charge in [-0.3, -0.25) is 9.78 Å². The number of halogens is 1. The van der Waals surface area contributed by atoms with Crippen LogP contribution in [0.5, 0.6) is 0 Å². The fourth-order valence-electron chi connectivity index (χ4n) is 3.43. The Morgan fingerprint density at radius 1 is 1.24 bits per heavy atom. The second-order valence-corrected chi connectivity index (χ2v) is 6.53. The molecule has 1 fully saturated rings. The smallest absolute Gasteiger partial charge is 0.255 e. The summed E-state index contributed by atoms with van der Waals surface area (Å²) in [5.41, 5.74) is 2.36. The lowest BCUT2D eigenvalue weighted by atomic mass is 9.93. The molecule has 1 saturated heterocycles. The number of carbonyl (C=O) groups is 1. The van der Waals surface area contributed by atoms with Gasteiger partial charge in [0, 0.05) is 25.7 Å². The van der Waals surface area contributed by atoms with Crippen LogP contribution in [-0.2, 0) is 6.42 Å². The molecule has 0 radical (unpaired) electrons. The van der Waals surface area contributed by atoms with Crippen LogP contribution in [0.15, 0.2) is 42.7 Å². The van der Waals surface area contributed by atoms with Crippen molar-refractivity contribution in [3.8, 4) is 0 Å². The molecule has 0 spiro atoms. The number of hydrogen-bond acceptors (Lipinski definition) is 3. The van der Waals surface area contributed by atoms with E-state index >= 15 is 0 Å². The van der Waals surface area contributed by atoms with Gasteiger partial charge in [0.05, 0.1) is 22.8 Å². The Balaban J connectivity index is 1.37. The maximum Gasteiger partial charge on any atom is 0.255 e. The number of carbonyl (C=O) groups excluding carboxylic acids is 1. The number of hydrogen-bond donors (Lipinski definition) is 1. The van der Waals surface area contributed by atoms with Crippen molar-refractivity contribution >= 4 is 16.9 Å². The van der Waals surface area contributed by atoms with Crippen LogP contribution in [0.25, 0.3) is 11.0 Å². The Kier molecular flexibility index (Phi) is 4.17. The molecule has 0 saturated carbocycles. The van der Waals surface area contributed by atoms with Crippen LogP contribution in [0, 0.1) is 11.7 Å². The second-order valence-electron chi connectivity index (χ2n) is 6.53. The molecule has 4 rings (SSSR count). The zero-order chi connectivity index (χ0) is 17.2. The van der Waals surface area contributed by atoms with Gasteiger partial charge in [0.25, 0.3) is 5.91 Å². The van der Waals surface area contributed by atoms with Gasteiger partial charge in [0.1, 0.15) is 11.6 Å². The van der Waals surface area contributed by atoms with E-state index in [-0.39, 0.29) is 5.91 Å². The molecule has 5 nitrogen and oxygen atoms in total. The number of fused-ring (bicyclic) bond motifs is 1. The molecule has 1 aromatic carbocycles. The number of rotatable bonds is 3. The number of pyridine rings is 1. The number of amides is 1. The first-order chi connectivity index (χ1) is 12.2. The lowest BCUT2D eigenvalue weighted by Gasteiger charge is -2.31. The summed E-state index contributed by atoms with van der Waals surface area (Å²) in [6.07, 6.45) is 5.26. The number of aromatic amines is 1. The molecule has 2 aromatic heterocycles. The zero-order valence-corrected chi connectivity index (χ0v) is 13.8. The minimum Gasteiger partial charge on any atom is -0.342 e. The number of H-pyrrole nitrogens is 1. The molecule has 6 heteroatoms. The van der Waals surface area contributed by atoms with E-state index in [2.05, 4.69) is 15.0 Å². The molecule has 25 heavy (non-hydrogen) atoms. The van der Waals surface area contributed by atoms with E-state index in [0.29, 0.717) is 24.6 Å². The average molecular weight is 338 g/mol. The molecule has 0 bridgehead atoms. The molecule has 128 valence electrons. The van der Waals surface area contributed by atoms with Crippen molar-refractivity contribution in [1.29, 1.82) is 0 Å². The summed E-state index contributed by atoms with van der Waals surface area (Å²) in [4.78, 5) is 26.0. The molecule has 0 aliphatic carbocycles. The molecular formula is C19H19FN4O. The maximum absolute atomic E-state index is 13.2. The topological polar surface area (TPSA) is 61.9 Å². The Morgan fingerprint density at radius 2 is 2.04 bits per heavy atom. The Bertz CT molecular complexity index is 866. The number of aromatic nitrogens is 3. The van der Waals surface area contributed by atoms with E-state index in [1.54, 1.807) is 4.90 Å². The largest absolute Gasteiger partial charge is 0.342 e. The van der Waals surface area contributed by atoms with Gasteiger partial charge in [-0.05, 0) is 37.0 Å². The molecule has 3 aromatic rings. The first kappa shape index (κ1) is 15.7. The van der Waals surface area contributed by atoms with E-state index in [0.717, 1.165) is 42.3 Å². The summed E-state index contributed by atoms with van der Waals surface area (Å²) in [7, 11) is 0. The molecule has 1 aliphatic heterocycles. The summed E-state index contributed by atoms with van der Waals surface area (Å²) in [6, 6.07) is 9.26. The standard InChI is InChI=1S/C19H19FN4O/c20-15-10-14(11-21-12-15)19(25)24-7-5-13(6-8-24)9-18-22-16-3-1-2-4-17(16)23-18/h1-4,10-13H,5-9H2,(H,22,23). The van der Waals surface area contributed by atoms with Crippen LogP contribution in [0.2, 0.25) is 0 Å². The molecule has 1 aliphatic rings. The van der Waals surface area contributed by atoms with Gasteiger partial charge < -0.3 is 9.88 Å². The third-order valence-corrected chi connectivity index (χ3v) is 4.77. The number of piperidine rings is 1. The van der Waals surface area contributed by atoms with Gasteiger partial charge in [-0.2, -0.15) is 0 Å². The van der Waals surface area contributed by atoms with E-state index < -0.39 is 5.82 Å². The highest BCUT2D eigenvalue weighted by atomic mass is 19.1. The predicted octanol–water partition coefficient (Wildman–Crippen LogP) is 3.19. The monoisotopic (exact) mass is 338 g/mol. The van der Waals surface area contributed by atoms with Crippen LogP contribution in [0.4, 0.5) is 4.39 Å².